The number of halogens is 2. The van der Waals surface area contributed by atoms with Crippen molar-refractivity contribution >= 4 is 23.2 Å². The van der Waals surface area contributed by atoms with Gasteiger partial charge in [-0.3, -0.25) is 0 Å². The molecule has 0 spiro atoms. The maximum absolute atomic E-state index is 6.05. The summed E-state index contributed by atoms with van der Waals surface area (Å²) in [5.41, 5.74) is 4.01. The summed E-state index contributed by atoms with van der Waals surface area (Å²) in [5, 5.41) is 4.87. The van der Waals surface area contributed by atoms with Crippen LogP contribution in [0.2, 0.25) is 10.0 Å². The topological polar surface area (TPSA) is 12.0 Å². The molecule has 0 heterocycles. The molecule has 0 aliphatic heterocycles. The highest BCUT2D eigenvalue weighted by molar-refractivity contribution is 6.42. The third-order valence-corrected chi connectivity index (χ3v) is 4.81. The summed E-state index contributed by atoms with van der Waals surface area (Å²) < 4.78 is 0. The molecule has 0 aliphatic rings. The summed E-state index contributed by atoms with van der Waals surface area (Å²) in [4.78, 5) is 0. The predicted molar refractivity (Wildman–Crippen MR) is 102 cm³/mol. The van der Waals surface area contributed by atoms with Crippen molar-refractivity contribution in [3.05, 3.63) is 69.2 Å². The van der Waals surface area contributed by atoms with Crippen molar-refractivity contribution in [3.63, 3.8) is 0 Å². The fraction of sp³-hybridized carbons (Fsp3) is 0.400. The Balaban J connectivity index is 1.65. The molecular weight excluding hydrogens is 325 g/mol. The minimum absolute atomic E-state index is 0.502. The molecule has 1 N–H and O–H groups in total. The van der Waals surface area contributed by atoms with Gasteiger partial charge in [0.25, 0.3) is 0 Å². The van der Waals surface area contributed by atoms with Crippen LogP contribution in [-0.2, 0) is 12.8 Å². The fourth-order valence-corrected chi connectivity index (χ4v) is 3.01. The smallest absolute Gasteiger partial charge is 0.0595 e. The molecule has 1 nitrogen and oxygen atoms in total. The Morgan fingerprint density at radius 2 is 1.74 bits per heavy atom. The first-order valence-electron chi connectivity index (χ1n) is 8.27. The second-order valence-corrected chi connectivity index (χ2v) is 7.05. The first-order valence-corrected chi connectivity index (χ1v) is 9.03. The van der Waals surface area contributed by atoms with Crippen LogP contribution in [0.15, 0.2) is 42.5 Å². The van der Waals surface area contributed by atoms with Gasteiger partial charge in [-0.1, -0.05) is 59.1 Å². The van der Waals surface area contributed by atoms with Gasteiger partial charge < -0.3 is 5.32 Å². The molecule has 23 heavy (non-hydrogen) atoms. The Kier molecular flexibility index (Phi) is 7.42. The Hall–Kier alpha value is -1.02. The van der Waals surface area contributed by atoms with E-state index in [0.717, 1.165) is 25.8 Å². The number of hydrogen-bond donors (Lipinski definition) is 1. The van der Waals surface area contributed by atoms with Crippen molar-refractivity contribution < 1.29 is 0 Å². The average molecular weight is 350 g/mol. The minimum atomic E-state index is 0.502. The molecule has 2 aromatic carbocycles. The van der Waals surface area contributed by atoms with Gasteiger partial charge in [0.1, 0.15) is 0 Å². The second-order valence-electron chi connectivity index (χ2n) is 6.23. The van der Waals surface area contributed by atoms with E-state index in [2.05, 4.69) is 49.5 Å². The summed E-state index contributed by atoms with van der Waals surface area (Å²) in [6, 6.07) is 15.2. The van der Waals surface area contributed by atoms with E-state index in [1.54, 1.807) is 0 Å². The molecule has 1 atom stereocenters. The molecule has 0 saturated carbocycles. The molecular formula is C20H25Cl2N. The highest BCUT2D eigenvalue weighted by Crippen LogP contribution is 2.23. The summed E-state index contributed by atoms with van der Waals surface area (Å²) in [5.74, 6) is 0. The molecule has 1 unspecified atom stereocenters. The van der Waals surface area contributed by atoms with Gasteiger partial charge in [-0.05, 0) is 69.3 Å². The Bertz CT molecular complexity index is 625. The summed E-state index contributed by atoms with van der Waals surface area (Å²) in [6.45, 7) is 5.44. The van der Waals surface area contributed by atoms with Crippen LogP contribution in [0, 0.1) is 6.92 Å². The SMILES string of the molecule is Cc1cccc(CCCNC(C)CCc2ccc(Cl)c(Cl)c2)c1. The normalized spacial score (nSPS) is 12.3. The van der Waals surface area contributed by atoms with E-state index in [-0.39, 0.29) is 0 Å². The molecule has 0 amide bonds. The fourth-order valence-electron chi connectivity index (χ4n) is 2.69. The number of benzene rings is 2. The van der Waals surface area contributed by atoms with E-state index in [9.17, 15) is 0 Å². The van der Waals surface area contributed by atoms with Crippen LogP contribution in [0.1, 0.15) is 36.5 Å². The van der Waals surface area contributed by atoms with Crippen LogP contribution in [0.3, 0.4) is 0 Å². The van der Waals surface area contributed by atoms with Gasteiger partial charge in [0.2, 0.25) is 0 Å². The summed E-state index contributed by atoms with van der Waals surface area (Å²) in [6.07, 6.45) is 4.42. The second kappa shape index (κ2) is 9.32. The van der Waals surface area contributed by atoms with Crippen LogP contribution < -0.4 is 5.32 Å². The van der Waals surface area contributed by atoms with Crippen molar-refractivity contribution in [3.8, 4) is 0 Å². The zero-order chi connectivity index (χ0) is 16.7. The molecule has 3 heteroatoms. The highest BCUT2D eigenvalue weighted by Gasteiger charge is 2.04. The molecule has 0 fully saturated rings. The maximum Gasteiger partial charge on any atom is 0.0595 e. The van der Waals surface area contributed by atoms with Crippen molar-refractivity contribution in [2.75, 3.05) is 6.54 Å². The van der Waals surface area contributed by atoms with Crippen molar-refractivity contribution in [1.29, 1.82) is 0 Å². The van der Waals surface area contributed by atoms with Crippen LogP contribution in [0.5, 0.6) is 0 Å². The third kappa shape index (κ3) is 6.55. The number of aryl methyl sites for hydroxylation is 3. The van der Waals surface area contributed by atoms with Gasteiger partial charge >= 0.3 is 0 Å². The van der Waals surface area contributed by atoms with Crippen LogP contribution in [0.25, 0.3) is 0 Å². The molecule has 0 radical (unpaired) electrons. The average Bonchev–Trinajstić information content (AvgIpc) is 2.53. The van der Waals surface area contributed by atoms with Gasteiger partial charge in [-0.2, -0.15) is 0 Å². The number of nitrogens with one attached hydrogen (secondary N) is 1. The van der Waals surface area contributed by atoms with Crippen molar-refractivity contribution in [2.24, 2.45) is 0 Å². The molecule has 0 saturated heterocycles. The molecule has 2 aromatic rings. The predicted octanol–water partition coefficient (Wildman–Crippen LogP) is 5.85. The number of hydrogen-bond acceptors (Lipinski definition) is 1. The van der Waals surface area contributed by atoms with Gasteiger partial charge in [-0.15, -0.1) is 0 Å². The lowest BCUT2D eigenvalue weighted by Gasteiger charge is -2.14. The van der Waals surface area contributed by atoms with Gasteiger partial charge in [-0.25, -0.2) is 0 Å². The standard InChI is InChI=1S/C20H25Cl2N/c1-15-5-3-6-17(13-15)7-4-12-23-16(2)8-9-18-10-11-19(21)20(22)14-18/h3,5-6,10-11,13-14,16,23H,4,7-9,12H2,1-2H3. The molecule has 0 aliphatic carbocycles. The monoisotopic (exact) mass is 349 g/mol. The maximum atomic E-state index is 6.05. The zero-order valence-electron chi connectivity index (χ0n) is 13.9. The zero-order valence-corrected chi connectivity index (χ0v) is 15.4. The largest absolute Gasteiger partial charge is 0.314 e. The van der Waals surface area contributed by atoms with Crippen molar-refractivity contribution in [2.45, 2.75) is 45.6 Å². The molecule has 124 valence electrons. The first-order chi connectivity index (χ1) is 11.0. The quantitative estimate of drug-likeness (QED) is 0.589. The Morgan fingerprint density at radius 1 is 0.957 bits per heavy atom. The van der Waals surface area contributed by atoms with Gasteiger partial charge in [0.05, 0.1) is 10.0 Å². The Labute approximate surface area is 150 Å². The lowest BCUT2D eigenvalue weighted by Crippen LogP contribution is -2.27. The Morgan fingerprint density at radius 3 is 2.48 bits per heavy atom. The van der Waals surface area contributed by atoms with E-state index >= 15 is 0 Å². The lowest BCUT2D eigenvalue weighted by atomic mass is 10.1. The minimum Gasteiger partial charge on any atom is -0.314 e. The van der Waals surface area contributed by atoms with Crippen LogP contribution in [-0.4, -0.2) is 12.6 Å². The molecule has 0 bridgehead atoms. The molecule has 2 rings (SSSR count). The first kappa shape index (κ1) is 18.3. The van der Waals surface area contributed by atoms with Gasteiger partial charge in [0, 0.05) is 6.04 Å². The van der Waals surface area contributed by atoms with E-state index in [0.29, 0.717) is 16.1 Å². The van der Waals surface area contributed by atoms with E-state index in [1.165, 1.54) is 23.1 Å². The lowest BCUT2D eigenvalue weighted by molar-refractivity contribution is 0.506. The van der Waals surface area contributed by atoms with E-state index in [1.807, 2.05) is 12.1 Å². The van der Waals surface area contributed by atoms with E-state index < -0.39 is 0 Å². The number of rotatable bonds is 8. The van der Waals surface area contributed by atoms with Crippen LogP contribution >= 0.6 is 23.2 Å². The van der Waals surface area contributed by atoms with Gasteiger partial charge in [0.15, 0.2) is 0 Å². The highest BCUT2D eigenvalue weighted by atomic mass is 35.5. The van der Waals surface area contributed by atoms with E-state index in [4.69, 9.17) is 23.2 Å². The van der Waals surface area contributed by atoms with Crippen LogP contribution in [0.4, 0.5) is 0 Å². The third-order valence-electron chi connectivity index (χ3n) is 4.07. The molecule has 0 aromatic heterocycles. The van der Waals surface area contributed by atoms with Crippen molar-refractivity contribution in [1.82, 2.24) is 5.32 Å². The summed E-state index contributed by atoms with van der Waals surface area (Å²) in [7, 11) is 0. The summed E-state index contributed by atoms with van der Waals surface area (Å²) >= 11 is 12.0.